The van der Waals surface area contributed by atoms with E-state index in [0.717, 1.165) is 49.6 Å². The molecule has 1 saturated heterocycles. The van der Waals surface area contributed by atoms with Crippen LogP contribution in [0.5, 0.6) is 5.75 Å². The lowest BCUT2D eigenvalue weighted by atomic mass is 9.96. The molecule has 0 N–H and O–H groups in total. The van der Waals surface area contributed by atoms with Gasteiger partial charge in [0.05, 0.1) is 12.8 Å². The first-order chi connectivity index (χ1) is 15.6. The van der Waals surface area contributed by atoms with Crippen molar-refractivity contribution in [3.63, 3.8) is 0 Å². The van der Waals surface area contributed by atoms with E-state index in [1.165, 1.54) is 24.5 Å². The molecule has 170 valence electrons. The highest BCUT2D eigenvalue weighted by Gasteiger charge is 2.21. The lowest BCUT2D eigenvalue weighted by Crippen LogP contribution is -2.37. The Kier molecular flexibility index (Phi) is 7.55. The fraction of sp³-hybridized carbons (Fsp3) is 0.423. The van der Waals surface area contributed by atoms with Crippen molar-refractivity contribution in [2.45, 2.75) is 25.8 Å². The van der Waals surface area contributed by atoms with Gasteiger partial charge in [-0.2, -0.15) is 5.10 Å². The standard InChI is InChI=1S/C26H33FN4O/c1-29-15-10-22(11-16-29)19-30(17-12-21-4-7-25(32-2)8-5-21)20-23-18-24(27)6-9-26(23)31-14-3-13-28-31/h3-9,13-14,18,22H,10-12,15-17,19-20H2,1-2H3. The van der Waals surface area contributed by atoms with Gasteiger partial charge in [-0.25, -0.2) is 9.07 Å². The molecule has 0 radical (unpaired) electrons. The Morgan fingerprint density at radius 1 is 1.12 bits per heavy atom. The maximum atomic E-state index is 14.2. The molecule has 0 unspecified atom stereocenters. The second kappa shape index (κ2) is 10.7. The highest BCUT2D eigenvalue weighted by atomic mass is 19.1. The van der Waals surface area contributed by atoms with Gasteiger partial charge in [0.2, 0.25) is 0 Å². The Hall–Kier alpha value is -2.70. The minimum Gasteiger partial charge on any atom is -0.497 e. The van der Waals surface area contributed by atoms with Gasteiger partial charge in [-0.3, -0.25) is 4.90 Å². The van der Waals surface area contributed by atoms with E-state index in [9.17, 15) is 4.39 Å². The van der Waals surface area contributed by atoms with Crippen LogP contribution in [-0.2, 0) is 13.0 Å². The van der Waals surface area contributed by atoms with Crippen molar-refractivity contribution >= 4 is 0 Å². The van der Waals surface area contributed by atoms with Crippen LogP contribution >= 0.6 is 0 Å². The van der Waals surface area contributed by atoms with E-state index in [-0.39, 0.29) is 5.82 Å². The lowest BCUT2D eigenvalue weighted by molar-refractivity contribution is 0.156. The molecule has 3 aromatic rings. The number of halogens is 1. The third-order valence-electron chi connectivity index (χ3n) is 6.42. The zero-order valence-corrected chi connectivity index (χ0v) is 19.1. The number of piperidine rings is 1. The molecule has 2 heterocycles. The maximum Gasteiger partial charge on any atom is 0.123 e. The summed E-state index contributed by atoms with van der Waals surface area (Å²) in [7, 11) is 3.88. The van der Waals surface area contributed by atoms with Gasteiger partial charge in [-0.15, -0.1) is 0 Å². The van der Waals surface area contributed by atoms with Crippen LogP contribution in [0.1, 0.15) is 24.0 Å². The molecule has 6 heteroatoms. The van der Waals surface area contributed by atoms with Crippen LogP contribution < -0.4 is 4.74 Å². The molecular weight excluding hydrogens is 403 g/mol. The number of aromatic nitrogens is 2. The minimum atomic E-state index is -0.203. The maximum absolute atomic E-state index is 14.2. The molecule has 1 aromatic heterocycles. The predicted molar refractivity (Wildman–Crippen MR) is 126 cm³/mol. The molecule has 0 amide bonds. The SMILES string of the molecule is COc1ccc(CCN(Cc2cc(F)ccc2-n2cccn2)CC2CCN(C)CC2)cc1. The van der Waals surface area contributed by atoms with E-state index >= 15 is 0 Å². The summed E-state index contributed by atoms with van der Waals surface area (Å²) in [6.45, 7) is 4.95. The van der Waals surface area contributed by atoms with Gasteiger partial charge in [0.25, 0.3) is 0 Å². The van der Waals surface area contributed by atoms with Crippen LogP contribution in [0.15, 0.2) is 60.9 Å². The number of nitrogens with zero attached hydrogens (tertiary/aromatic N) is 4. The number of benzene rings is 2. The van der Waals surface area contributed by atoms with E-state index in [1.54, 1.807) is 19.4 Å². The van der Waals surface area contributed by atoms with Gasteiger partial charge in [-0.1, -0.05) is 12.1 Å². The third kappa shape index (κ3) is 5.96. The predicted octanol–water partition coefficient (Wildman–Crippen LogP) is 4.41. The molecule has 32 heavy (non-hydrogen) atoms. The van der Waals surface area contributed by atoms with Crippen LogP contribution in [-0.4, -0.2) is 59.9 Å². The molecule has 0 aliphatic carbocycles. The summed E-state index contributed by atoms with van der Waals surface area (Å²) in [6, 6.07) is 15.2. The van der Waals surface area contributed by atoms with Crippen LogP contribution in [0.4, 0.5) is 4.39 Å². The fourth-order valence-corrected chi connectivity index (χ4v) is 4.48. The number of hydrogen-bond donors (Lipinski definition) is 0. The van der Waals surface area contributed by atoms with Crippen molar-refractivity contribution in [1.82, 2.24) is 19.6 Å². The van der Waals surface area contributed by atoms with Crippen molar-refractivity contribution < 1.29 is 9.13 Å². The van der Waals surface area contributed by atoms with Gasteiger partial charge in [0.15, 0.2) is 0 Å². The number of rotatable bonds is 9. The molecule has 1 aliphatic rings. The average molecular weight is 437 g/mol. The van der Waals surface area contributed by atoms with Crippen molar-refractivity contribution in [2.24, 2.45) is 5.92 Å². The zero-order chi connectivity index (χ0) is 22.3. The summed E-state index contributed by atoms with van der Waals surface area (Å²) in [5.41, 5.74) is 3.19. The van der Waals surface area contributed by atoms with Gasteiger partial charge in [-0.05, 0) is 92.8 Å². The van der Waals surface area contributed by atoms with E-state index in [4.69, 9.17) is 4.74 Å². The highest BCUT2D eigenvalue weighted by molar-refractivity contribution is 5.40. The first-order valence-electron chi connectivity index (χ1n) is 11.4. The molecule has 1 fully saturated rings. The van der Waals surface area contributed by atoms with Crippen LogP contribution in [0.3, 0.4) is 0 Å². The van der Waals surface area contributed by atoms with Crippen LogP contribution in [0.2, 0.25) is 0 Å². The van der Waals surface area contributed by atoms with Crippen LogP contribution in [0.25, 0.3) is 5.69 Å². The summed E-state index contributed by atoms with van der Waals surface area (Å²) in [5.74, 6) is 1.34. The number of methoxy groups -OCH3 is 1. The van der Waals surface area contributed by atoms with E-state index in [1.807, 2.05) is 35.1 Å². The summed E-state index contributed by atoms with van der Waals surface area (Å²) in [5, 5.41) is 4.38. The topological polar surface area (TPSA) is 33.5 Å². The second-order valence-corrected chi connectivity index (χ2v) is 8.80. The fourth-order valence-electron chi connectivity index (χ4n) is 4.48. The molecule has 1 aliphatic heterocycles. The normalized spacial score (nSPS) is 15.4. The van der Waals surface area contributed by atoms with Gasteiger partial charge in [0, 0.05) is 32.0 Å². The zero-order valence-electron chi connectivity index (χ0n) is 19.1. The monoisotopic (exact) mass is 436 g/mol. The number of hydrogen-bond acceptors (Lipinski definition) is 4. The molecule has 2 aromatic carbocycles. The van der Waals surface area contributed by atoms with E-state index in [2.05, 4.69) is 34.1 Å². The molecule has 0 bridgehead atoms. The Balaban J connectivity index is 1.51. The second-order valence-electron chi connectivity index (χ2n) is 8.80. The van der Waals surface area contributed by atoms with Crippen LogP contribution in [0, 0.1) is 11.7 Å². The highest BCUT2D eigenvalue weighted by Crippen LogP contribution is 2.22. The molecule has 0 spiro atoms. The van der Waals surface area contributed by atoms with Crippen molar-refractivity contribution in [3.8, 4) is 11.4 Å². The molecule has 0 saturated carbocycles. The first-order valence-corrected chi connectivity index (χ1v) is 11.4. The Bertz CT molecular complexity index is 966. The van der Waals surface area contributed by atoms with Gasteiger partial charge < -0.3 is 9.64 Å². The summed E-state index contributed by atoms with van der Waals surface area (Å²) in [4.78, 5) is 4.89. The third-order valence-corrected chi connectivity index (χ3v) is 6.42. The molecule has 5 nitrogen and oxygen atoms in total. The van der Waals surface area contributed by atoms with E-state index in [0.29, 0.717) is 12.5 Å². The van der Waals surface area contributed by atoms with Crippen molar-refractivity contribution in [3.05, 3.63) is 77.9 Å². The number of likely N-dealkylation sites (tertiary alicyclic amines) is 1. The summed E-state index contributed by atoms with van der Waals surface area (Å²) >= 11 is 0. The molecular formula is C26H33FN4O. The van der Waals surface area contributed by atoms with Gasteiger partial charge in [0.1, 0.15) is 11.6 Å². The largest absolute Gasteiger partial charge is 0.497 e. The number of ether oxygens (including phenoxy) is 1. The molecule has 4 rings (SSSR count). The Morgan fingerprint density at radius 3 is 2.59 bits per heavy atom. The van der Waals surface area contributed by atoms with Crippen molar-refractivity contribution in [2.75, 3.05) is 40.3 Å². The first kappa shape index (κ1) is 22.5. The molecule has 0 atom stereocenters. The van der Waals surface area contributed by atoms with Gasteiger partial charge >= 0.3 is 0 Å². The average Bonchev–Trinajstić information content (AvgIpc) is 3.34. The lowest BCUT2D eigenvalue weighted by Gasteiger charge is -2.33. The Labute approximate surface area is 190 Å². The van der Waals surface area contributed by atoms with Crippen molar-refractivity contribution in [1.29, 1.82) is 0 Å². The Morgan fingerprint density at radius 2 is 1.91 bits per heavy atom. The minimum absolute atomic E-state index is 0.203. The van der Waals surface area contributed by atoms with E-state index < -0.39 is 0 Å². The smallest absolute Gasteiger partial charge is 0.123 e. The quantitative estimate of drug-likeness (QED) is 0.498. The summed E-state index contributed by atoms with van der Waals surface area (Å²) in [6.07, 6.45) is 7.04. The summed E-state index contributed by atoms with van der Waals surface area (Å²) < 4.78 is 21.3.